The molecule has 28 heavy (non-hydrogen) atoms. The van der Waals surface area contributed by atoms with Crippen molar-refractivity contribution in [2.24, 2.45) is 23.7 Å². The SMILES string of the molecule is O=C(O)C1C2CCC(CC2)C1Cc1cnnc(-c2c[nH]c3ncc(F)cc23)n1. The maximum Gasteiger partial charge on any atom is 0.307 e. The highest BCUT2D eigenvalue weighted by molar-refractivity contribution is 5.91. The number of halogens is 1. The highest BCUT2D eigenvalue weighted by atomic mass is 19.1. The van der Waals surface area contributed by atoms with Crippen molar-refractivity contribution in [1.82, 2.24) is 25.1 Å². The van der Waals surface area contributed by atoms with E-state index in [0.29, 0.717) is 34.8 Å². The molecule has 3 aromatic rings. The Hall–Kier alpha value is -2.90. The van der Waals surface area contributed by atoms with Crippen LogP contribution < -0.4 is 0 Å². The minimum atomic E-state index is -0.695. The molecule has 0 saturated heterocycles. The third-order valence-corrected chi connectivity index (χ3v) is 6.47. The van der Waals surface area contributed by atoms with Crippen molar-refractivity contribution in [3.63, 3.8) is 0 Å². The third-order valence-electron chi connectivity index (χ3n) is 6.47. The summed E-state index contributed by atoms with van der Waals surface area (Å²) in [6, 6.07) is 1.39. The van der Waals surface area contributed by atoms with E-state index in [2.05, 4.69) is 25.1 Å². The maximum atomic E-state index is 13.6. The van der Waals surface area contributed by atoms with Gasteiger partial charge in [0.1, 0.15) is 11.5 Å². The van der Waals surface area contributed by atoms with Crippen LogP contribution in [0.5, 0.6) is 0 Å². The molecule has 0 spiro atoms. The molecule has 0 aliphatic heterocycles. The summed E-state index contributed by atoms with van der Waals surface area (Å²) >= 11 is 0. The minimum Gasteiger partial charge on any atom is -0.481 e. The van der Waals surface area contributed by atoms with E-state index in [1.807, 2.05) is 0 Å². The second-order valence-electron chi connectivity index (χ2n) is 7.93. The summed E-state index contributed by atoms with van der Waals surface area (Å²) in [5, 5.41) is 18.5. The van der Waals surface area contributed by atoms with E-state index in [1.165, 1.54) is 6.07 Å². The molecular formula is C20H20FN5O2. The molecule has 0 amide bonds. The number of hydrogen-bond acceptors (Lipinski definition) is 5. The lowest BCUT2D eigenvalue weighted by atomic mass is 9.57. The average molecular weight is 381 g/mol. The number of carboxylic acid groups (broad SMARTS) is 1. The highest BCUT2D eigenvalue weighted by Crippen LogP contribution is 2.50. The number of H-pyrrole nitrogens is 1. The number of rotatable bonds is 4. The fraction of sp³-hybridized carbons (Fsp3) is 0.450. The summed E-state index contributed by atoms with van der Waals surface area (Å²) in [7, 11) is 0. The molecule has 0 radical (unpaired) electrons. The van der Waals surface area contributed by atoms with Crippen LogP contribution in [0, 0.1) is 29.5 Å². The molecule has 6 rings (SSSR count). The van der Waals surface area contributed by atoms with E-state index in [0.717, 1.165) is 37.6 Å². The Morgan fingerprint density at radius 3 is 2.79 bits per heavy atom. The van der Waals surface area contributed by atoms with E-state index in [9.17, 15) is 14.3 Å². The maximum absolute atomic E-state index is 13.6. The summed E-state index contributed by atoms with van der Waals surface area (Å²) in [6.07, 6.45) is 9.26. The van der Waals surface area contributed by atoms with Crippen LogP contribution in [0.4, 0.5) is 4.39 Å². The Balaban J connectivity index is 1.47. The number of carbonyl (C=O) groups is 1. The van der Waals surface area contributed by atoms with Gasteiger partial charge in [-0.2, -0.15) is 5.10 Å². The molecule has 7 nitrogen and oxygen atoms in total. The number of aliphatic carboxylic acids is 1. The third kappa shape index (κ3) is 2.83. The van der Waals surface area contributed by atoms with Gasteiger partial charge in [0.25, 0.3) is 0 Å². The number of fused-ring (bicyclic) bond motifs is 4. The summed E-state index contributed by atoms with van der Waals surface area (Å²) < 4.78 is 13.6. The Morgan fingerprint density at radius 2 is 2.00 bits per heavy atom. The lowest BCUT2D eigenvalue weighted by Crippen LogP contribution is -2.45. The summed E-state index contributed by atoms with van der Waals surface area (Å²) in [5.74, 6) is -0.266. The number of nitrogens with zero attached hydrogens (tertiary/aromatic N) is 4. The first-order valence-corrected chi connectivity index (χ1v) is 9.64. The van der Waals surface area contributed by atoms with Crippen LogP contribution in [0.3, 0.4) is 0 Å². The molecule has 2 unspecified atom stereocenters. The number of pyridine rings is 1. The molecule has 3 saturated carbocycles. The van der Waals surface area contributed by atoms with Crippen LogP contribution in [0.15, 0.2) is 24.7 Å². The Morgan fingerprint density at radius 1 is 1.21 bits per heavy atom. The molecule has 2 bridgehead atoms. The van der Waals surface area contributed by atoms with Crippen LogP contribution >= 0.6 is 0 Å². The zero-order valence-corrected chi connectivity index (χ0v) is 15.2. The second-order valence-corrected chi connectivity index (χ2v) is 7.93. The van der Waals surface area contributed by atoms with Crippen molar-refractivity contribution < 1.29 is 14.3 Å². The topological polar surface area (TPSA) is 105 Å². The van der Waals surface area contributed by atoms with Gasteiger partial charge in [-0.3, -0.25) is 4.79 Å². The lowest BCUT2D eigenvalue weighted by molar-refractivity contribution is -0.152. The number of aromatic nitrogens is 5. The van der Waals surface area contributed by atoms with Gasteiger partial charge in [-0.25, -0.2) is 14.4 Å². The largest absolute Gasteiger partial charge is 0.481 e. The number of carboxylic acids is 1. The van der Waals surface area contributed by atoms with Crippen molar-refractivity contribution in [3.05, 3.63) is 36.2 Å². The molecule has 3 fully saturated rings. The van der Waals surface area contributed by atoms with E-state index in [1.54, 1.807) is 12.4 Å². The van der Waals surface area contributed by atoms with Gasteiger partial charge in [0.05, 0.1) is 24.0 Å². The van der Waals surface area contributed by atoms with Crippen molar-refractivity contribution >= 4 is 17.0 Å². The molecule has 8 heteroatoms. The first-order valence-electron chi connectivity index (χ1n) is 9.64. The van der Waals surface area contributed by atoms with Gasteiger partial charge in [-0.15, -0.1) is 5.10 Å². The zero-order chi connectivity index (χ0) is 19.3. The van der Waals surface area contributed by atoms with Crippen molar-refractivity contribution in [2.75, 3.05) is 0 Å². The zero-order valence-electron chi connectivity index (χ0n) is 15.2. The van der Waals surface area contributed by atoms with Gasteiger partial charge in [0.2, 0.25) is 0 Å². The molecule has 2 atom stereocenters. The van der Waals surface area contributed by atoms with Gasteiger partial charge in [0, 0.05) is 17.1 Å². The van der Waals surface area contributed by atoms with E-state index >= 15 is 0 Å². The van der Waals surface area contributed by atoms with Crippen LogP contribution in [-0.4, -0.2) is 36.2 Å². The van der Waals surface area contributed by atoms with Crippen molar-refractivity contribution in [3.8, 4) is 11.4 Å². The van der Waals surface area contributed by atoms with Gasteiger partial charge in [-0.05, 0) is 55.9 Å². The van der Waals surface area contributed by atoms with Crippen molar-refractivity contribution in [1.29, 1.82) is 0 Å². The molecule has 2 N–H and O–H groups in total. The van der Waals surface area contributed by atoms with Crippen LogP contribution in [0.2, 0.25) is 0 Å². The molecule has 3 aliphatic carbocycles. The Kier molecular flexibility index (Phi) is 4.07. The minimum absolute atomic E-state index is 0.0802. The van der Waals surface area contributed by atoms with E-state index < -0.39 is 11.8 Å². The van der Waals surface area contributed by atoms with E-state index in [4.69, 9.17) is 0 Å². The standard InChI is InChI=1S/C20H20FN5O2/c21-12-5-15-16(9-23-18(15)22-7-12)19-25-13(8-24-26-19)6-14-10-1-3-11(4-2-10)17(14)20(27)28/h5,7-11,14,17H,1-4,6H2,(H,22,23)(H,27,28). The van der Waals surface area contributed by atoms with Gasteiger partial charge in [-0.1, -0.05) is 0 Å². The smallest absolute Gasteiger partial charge is 0.307 e. The van der Waals surface area contributed by atoms with Crippen LogP contribution in [0.1, 0.15) is 31.4 Å². The Labute approximate surface area is 160 Å². The van der Waals surface area contributed by atoms with E-state index in [-0.39, 0.29) is 17.8 Å². The molecule has 144 valence electrons. The fourth-order valence-electron chi connectivity index (χ4n) is 5.21. The van der Waals surface area contributed by atoms with Gasteiger partial charge >= 0.3 is 5.97 Å². The second kappa shape index (κ2) is 6.61. The predicted molar refractivity (Wildman–Crippen MR) is 98.6 cm³/mol. The number of hydrogen-bond donors (Lipinski definition) is 2. The van der Waals surface area contributed by atoms with Crippen LogP contribution in [0.25, 0.3) is 22.4 Å². The molecule has 3 heterocycles. The van der Waals surface area contributed by atoms with Crippen molar-refractivity contribution in [2.45, 2.75) is 32.1 Å². The lowest BCUT2D eigenvalue weighted by Gasteiger charge is -2.46. The van der Waals surface area contributed by atoms with Crippen LogP contribution in [-0.2, 0) is 11.2 Å². The average Bonchev–Trinajstić information content (AvgIpc) is 3.12. The molecular weight excluding hydrogens is 361 g/mol. The molecule has 3 aromatic heterocycles. The predicted octanol–water partition coefficient (Wildman–Crippen LogP) is 3.23. The van der Waals surface area contributed by atoms with Gasteiger partial charge < -0.3 is 10.1 Å². The molecule has 3 aliphatic rings. The number of aromatic amines is 1. The summed E-state index contributed by atoms with van der Waals surface area (Å²) in [4.78, 5) is 23.5. The fourth-order valence-corrected chi connectivity index (χ4v) is 5.21. The monoisotopic (exact) mass is 381 g/mol. The normalized spacial score (nSPS) is 26.6. The van der Waals surface area contributed by atoms with Gasteiger partial charge in [0.15, 0.2) is 5.82 Å². The molecule has 0 aromatic carbocycles. The quantitative estimate of drug-likeness (QED) is 0.719. The highest BCUT2D eigenvalue weighted by Gasteiger charge is 2.47. The summed E-state index contributed by atoms with van der Waals surface area (Å²) in [6.45, 7) is 0. The number of nitrogens with one attached hydrogen (secondary N) is 1. The first-order chi connectivity index (χ1) is 13.6. The summed E-state index contributed by atoms with van der Waals surface area (Å²) in [5.41, 5.74) is 1.92. The first kappa shape index (κ1) is 17.2. The Bertz CT molecular complexity index is 1040.